The molecule has 0 spiro atoms. The van der Waals surface area contributed by atoms with E-state index < -0.39 is 5.91 Å². The summed E-state index contributed by atoms with van der Waals surface area (Å²) in [6, 6.07) is 27.5. The number of hydrogen-bond acceptors (Lipinski definition) is 4. The standard InChI is InChI=1S/C31H27BrN2O3/c1-3-21-12-14-26(15-13-21)34-31(35)25(19-33)16-24-17-29(36-4-2)30(18-28(24)32)37-20-23-10-7-9-22-8-5-6-11-27(22)23/h5-18H,3-4,20H2,1-2H3,(H,34,35). The Hall–Kier alpha value is -4.08. The third-order valence-electron chi connectivity index (χ3n) is 5.91. The van der Waals surface area contributed by atoms with Gasteiger partial charge in [-0.2, -0.15) is 5.26 Å². The quantitative estimate of drug-likeness (QED) is 0.170. The van der Waals surface area contributed by atoms with E-state index >= 15 is 0 Å². The van der Waals surface area contributed by atoms with Gasteiger partial charge in [0, 0.05) is 10.2 Å². The van der Waals surface area contributed by atoms with Crippen molar-refractivity contribution in [3.8, 4) is 17.6 Å². The number of nitrogens with zero attached hydrogens (tertiary/aromatic N) is 1. The maximum Gasteiger partial charge on any atom is 0.266 e. The Balaban J connectivity index is 1.57. The van der Waals surface area contributed by atoms with E-state index in [1.165, 1.54) is 11.6 Å². The SMILES string of the molecule is CCOc1cc(C=C(C#N)C(=O)Nc2ccc(CC)cc2)c(Br)cc1OCc1cccc2ccccc12. The fourth-order valence-electron chi connectivity index (χ4n) is 3.94. The molecule has 0 unspecified atom stereocenters. The Morgan fingerprint density at radius 2 is 1.70 bits per heavy atom. The number of aryl methyl sites for hydroxylation is 1. The molecule has 37 heavy (non-hydrogen) atoms. The molecule has 0 aliphatic rings. The van der Waals surface area contributed by atoms with Crippen LogP contribution >= 0.6 is 15.9 Å². The third-order valence-corrected chi connectivity index (χ3v) is 6.60. The fraction of sp³-hybridized carbons (Fsp3) is 0.161. The molecule has 1 amide bonds. The molecule has 0 fully saturated rings. The molecule has 0 aliphatic heterocycles. The summed E-state index contributed by atoms with van der Waals surface area (Å²) in [4.78, 5) is 12.8. The normalized spacial score (nSPS) is 11.1. The largest absolute Gasteiger partial charge is 0.490 e. The second kappa shape index (κ2) is 12.2. The molecule has 186 valence electrons. The van der Waals surface area contributed by atoms with E-state index in [0.717, 1.165) is 22.8 Å². The Kier molecular flexibility index (Phi) is 8.60. The first-order valence-corrected chi connectivity index (χ1v) is 12.9. The summed E-state index contributed by atoms with van der Waals surface area (Å²) < 4.78 is 12.7. The van der Waals surface area contributed by atoms with Crippen molar-refractivity contribution in [1.82, 2.24) is 0 Å². The summed E-state index contributed by atoms with van der Waals surface area (Å²) in [7, 11) is 0. The molecule has 5 nitrogen and oxygen atoms in total. The molecule has 1 N–H and O–H groups in total. The van der Waals surface area contributed by atoms with E-state index in [0.29, 0.717) is 40.4 Å². The summed E-state index contributed by atoms with van der Waals surface area (Å²) in [5, 5.41) is 14.8. The molecule has 4 aromatic rings. The van der Waals surface area contributed by atoms with E-state index in [1.54, 1.807) is 12.1 Å². The number of ether oxygens (including phenoxy) is 2. The highest BCUT2D eigenvalue weighted by Crippen LogP contribution is 2.36. The third kappa shape index (κ3) is 6.38. The van der Waals surface area contributed by atoms with Crippen LogP contribution in [0.4, 0.5) is 5.69 Å². The Morgan fingerprint density at radius 1 is 0.973 bits per heavy atom. The van der Waals surface area contributed by atoms with E-state index in [9.17, 15) is 10.1 Å². The number of nitriles is 1. The number of benzene rings is 4. The van der Waals surface area contributed by atoms with Crippen molar-refractivity contribution in [3.05, 3.63) is 106 Å². The number of nitrogens with one attached hydrogen (secondary N) is 1. The van der Waals surface area contributed by atoms with Gasteiger partial charge in [-0.05, 0) is 71.1 Å². The number of hydrogen-bond donors (Lipinski definition) is 1. The Morgan fingerprint density at radius 3 is 2.43 bits per heavy atom. The molecular weight excluding hydrogens is 528 g/mol. The number of fused-ring (bicyclic) bond motifs is 1. The molecule has 6 heteroatoms. The minimum atomic E-state index is -0.479. The molecule has 0 heterocycles. The Bertz CT molecular complexity index is 1480. The van der Waals surface area contributed by atoms with Gasteiger partial charge in [-0.3, -0.25) is 4.79 Å². The molecule has 4 aromatic carbocycles. The lowest BCUT2D eigenvalue weighted by Gasteiger charge is -2.15. The predicted molar refractivity (Wildman–Crippen MR) is 152 cm³/mol. The van der Waals surface area contributed by atoms with Crippen LogP contribution in [0.25, 0.3) is 16.8 Å². The number of carbonyl (C=O) groups excluding carboxylic acids is 1. The smallest absolute Gasteiger partial charge is 0.266 e. The monoisotopic (exact) mass is 554 g/mol. The van der Waals surface area contributed by atoms with Gasteiger partial charge in [0.25, 0.3) is 5.91 Å². The fourth-order valence-corrected chi connectivity index (χ4v) is 4.38. The zero-order valence-corrected chi connectivity index (χ0v) is 22.3. The van der Waals surface area contributed by atoms with Crippen LogP contribution < -0.4 is 14.8 Å². The molecule has 4 rings (SSSR count). The second-order valence-corrected chi connectivity index (χ2v) is 9.21. The van der Waals surface area contributed by atoms with Gasteiger partial charge >= 0.3 is 0 Å². The van der Waals surface area contributed by atoms with Crippen molar-refractivity contribution in [2.45, 2.75) is 26.9 Å². The minimum Gasteiger partial charge on any atom is -0.490 e. The molecule has 0 saturated heterocycles. The lowest BCUT2D eigenvalue weighted by atomic mass is 10.1. The number of anilines is 1. The highest BCUT2D eigenvalue weighted by Gasteiger charge is 2.15. The highest BCUT2D eigenvalue weighted by molar-refractivity contribution is 9.10. The van der Waals surface area contributed by atoms with Gasteiger partial charge in [-0.1, -0.05) is 77.5 Å². The van der Waals surface area contributed by atoms with Crippen LogP contribution in [0.3, 0.4) is 0 Å². The lowest BCUT2D eigenvalue weighted by Crippen LogP contribution is -2.13. The predicted octanol–water partition coefficient (Wildman–Crippen LogP) is 7.69. The van der Waals surface area contributed by atoms with Gasteiger partial charge in [-0.25, -0.2) is 0 Å². The first-order chi connectivity index (χ1) is 18.0. The summed E-state index contributed by atoms with van der Waals surface area (Å²) in [6.07, 6.45) is 2.45. The molecule has 0 aromatic heterocycles. The van der Waals surface area contributed by atoms with Crippen LogP contribution in [-0.4, -0.2) is 12.5 Å². The van der Waals surface area contributed by atoms with Gasteiger partial charge in [0.05, 0.1) is 6.61 Å². The van der Waals surface area contributed by atoms with Gasteiger partial charge < -0.3 is 14.8 Å². The first kappa shape index (κ1) is 26.0. The van der Waals surface area contributed by atoms with Crippen LogP contribution in [0.2, 0.25) is 0 Å². The van der Waals surface area contributed by atoms with Crippen molar-refractivity contribution in [2.24, 2.45) is 0 Å². The summed E-state index contributed by atoms with van der Waals surface area (Å²) in [5.41, 5.74) is 3.48. The first-order valence-electron chi connectivity index (χ1n) is 12.1. The maximum absolute atomic E-state index is 12.8. The number of carbonyl (C=O) groups is 1. The van der Waals surface area contributed by atoms with Crippen LogP contribution in [-0.2, 0) is 17.8 Å². The zero-order chi connectivity index (χ0) is 26.2. The summed E-state index contributed by atoms with van der Waals surface area (Å²) in [5.74, 6) is 0.621. The average Bonchev–Trinajstić information content (AvgIpc) is 2.92. The van der Waals surface area contributed by atoms with Gasteiger partial charge in [0.2, 0.25) is 0 Å². The Labute approximate surface area is 225 Å². The van der Waals surface area contributed by atoms with Crippen molar-refractivity contribution in [2.75, 3.05) is 11.9 Å². The van der Waals surface area contributed by atoms with Crippen molar-refractivity contribution in [1.29, 1.82) is 5.26 Å². The van der Waals surface area contributed by atoms with Crippen molar-refractivity contribution < 1.29 is 14.3 Å². The summed E-state index contributed by atoms with van der Waals surface area (Å²) >= 11 is 3.57. The van der Waals surface area contributed by atoms with E-state index in [-0.39, 0.29) is 5.57 Å². The minimum absolute atomic E-state index is 0.0212. The molecular formula is C31H27BrN2O3. The highest BCUT2D eigenvalue weighted by atomic mass is 79.9. The lowest BCUT2D eigenvalue weighted by molar-refractivity contribution is -0.112. The molecule has 0 saturated carbocycles. The maximum atomic E-state index is 12.8. The molecule has 0 aliphatic carbocycles. The van der Waals surface area contributed by atoms with Gasteiger partial charge in [0.1, 0.15) is 18.2 Å². The van der Waals surface area contributed by atoms with E-state index in [2.05, 4.69) is 46.4 Å². The van der Waals surface area contributed by atoms with Crippen molar-refractivity contribution >= 4 is 44.4 Å². The zero-order valence-electron chi connectivity index (χ0n) is 20.8. The van der Waals surface area contributed by atoms with E-state index in [4.69, 9.17) is 9.47 Å². The number of halogens is 1. The van der Waals surface area contributed by atoms with Crippen LogP contribution in [0, 0.1) is 11.3 Å². The number of rotatable bonds is 9. The van der Waals surface area contributed by atoms with Gasteiger partial charge in [0.15, 0.2) is 11.5 Å². The second-order valence-electron chi connectivity index (χ2n) is 8.35. The number of amides is 1. The van der Waals surface area contributed by atoms with E-state index in [1.807, 2.05) is 61.5 Å². The van der Waals surface area contributed by atoms with Gasteiger partial charge in [-0.15, -0.1) is 0 Å². The molecule has 0 bridgehead atoms. The van der Waals surface area contributed by atoms with Crippen LogP contribution in [0.1, 0.15) is 30.5 Å². The van der Waals surface area contributed by atoms with Crippen LogP contribution in [0.15, 0.2) is 88.9 Å². The average molecular weight is 555 g/mol. The molecule has 0 radical (unpaired) electrons. The van der Waals surface area contributed by atoms with Crippen LogP contribution in [0.5, 0.6) is 11.5 Å². The summed E-state index contributed by atoms with van der Waals surface area (Å²) in [6.45, 7) is 4.77. The molecule has 0 atom stereocenters. The topological polar surface area (TPSA) is 71.3 Å². The van der Waals surface area contributed by atoms with Crippen molar-refractivity contribution in [3.63, 3.8) is 0 Å².